The zero-order valence-electron chi connectivity index (χ0n) is 10.5. The van der Waals surface area contributed by atoms with E-state index in [1.165, 1.54) is 6.20 Å². The Morgan fingerprint density at radius 1 is 1.67 bits per heavy atom. The second-order valence-electron chi connectivity index (χ2n) is 4.87. The molecule has 0 bridgehead atoms. The highest BCUT2D eigenvalue weighted by atomic mass is 35.5. The second-order valence-corrected chi connectivity index (χ2v) is 5.28. The maximum absolute atomic E-state index is 12.5. The first-order valence-electron chi connectivity index (χ1n) is 6.24. The molecule has 0 spiro atoms. The fourth-order valence-corrected chi connectivity index (χ4v) is 2.65. The minimum atomic E-state index is -0.0373. The predicted molar refractivity (Wildman–Crippen MR) is 71.5 cm³/mol. The SMILES string of the molecule is CC1CCN(C(=O)c2ccncc2Cl)C(CN)C1. The van der Waals surface area contributed by atoms with Crippen molar-refractivity contribution < 1.29 is 4.79 Å². The van der Waals surface area contributed by atoms with Crippen LogP contribution in [0, 0.1) is 5.92 Å². The quantitative estimate of drug-likeness (QED) is 0.891. The van der Waals surface area contributed by atoms with Crippen molar-refractivity contribution in [2.45, 2.75) is 25.8 Å². The van der Waals surface area contributed by atoms with Gasteiger partial charge in [0, 0.05) is 31.5 Å². The number of hydrogen-bond acceptors (Lipinski definition) is 3. The first-order valence-corrected chi connectivity index (χ1v) is 6.61. The number of hydrogen-bond donors (Lipinski definition) is 1. The molecular weight excluding hydrogens is 250 g/mol. The van der Waals surface area contributed by atoms with E-state index in [4.69, 9.17) is 17.3 Å². The van der Waals surface area contributed by atoms with Gasteiger partial charge < -0.3 is 10.6 Å². The van der Waals surface area contributed by atoms with Gasteiger partial charge in [0.25, 0.3) is 5.91 Å². The monoisotopic (exact) mass is 267 g/mol. The van der Waals surface area contributed by atoms with E-state index in [1.807, 2.05) is 4.90 Å². The lowest BCUT2D eigenvalue weighted by Gasteiger charge is -2.38. The number of likely N-dealkylation sites (tertiary alicyclic amines) is 1. The average molecular weight is 268 g/mol. The van der Waals surface area contributed by atoms with Gasteiger partial charge in [0.2, 0.25) is 0 Å². The number of amides is 1. The van der Waals surface area contributed by atoms with Crippen LogP contribution < -0.4 is 5.73 Å². The van der Waals surface area contributed by atoms with E-state index in [1.54, 1.807) is 12.3 Å². The summed E-state index contributed by atoms with van der Waals surface area (Å²) in [5, 5.41) is 0.400. The molecule has 4 nitrogen and oxygen atoms in total. The molecule has 2 rings (SSSR count). The van der Waals surface area contributed by atoms with Crippen molar-refractivity contribution in [3.05, 3.63) is 29.0 Å². The molecule has 18 heavy (non-hydrogen) atoms. The molecule has 2 heterocycles. The maximum Gasteiger partial charge on any atom is 0.255 e. The van der Waals surface area contributed by atoms with Crippen molar-refractivity contribution in [2.75, 3.05) is 13.1 Å². The molecule has 1 amide bonds. The molecule has 2 atom stereocenters. The van der Waals surface area contributed by atoms with E-state index < -0.39 is 0 Å². The third-order valence-corrected chi connectivity index (χ3v) is 3.82. The number of carbonyl (C=O) groups is 1. The average Bonchev–Trinajstić information content (AvgIpc) is 2.38. The van der Waals surface area contributed by atoms with E-state index in [0.717, 1.165) is 19.4 Å². The molecular formula is C13H18ClN3O. The van der Waals surface area contributed by atoms with Crippen LogP contribution in [0.4, 0.5) is 0 Å². The lowest BCUT2D eigenvalue weighted by Crippen LogP contribution is -2.49. The molecule has 2 unspecified atom stereocenters. The molecule has 5 heteroatoms. The number of carbonyl (C=O) groups excluding carboxylic acids is 1. The summed E-state index contributed by atoms with van der Waals surface area (Å²) in [5.41, 5.74) is 6.28. The molecule has 1 saturated heterocycles. The third-order valence-electron chi connectivity index (χ3n) is 3.51. The Morgan fingerprint density at radius 3 is 3.11 bits per heavy atom. The van der Waals surface area contributed by atoms with E-state index in [-0.39, 0.29) is 11.9 Å². The first-order chi connectivity index (χ1) is 8.63. The molecule has 0 aromatic carbocycles. The van der Waals surface area contributed by atoms with Gasteiger partial charge in [-0.3, -0.25) is 9.78 Å². The summed E-state index contributed by atoms with van der Waals surface area (Å²) in [6.45, 7) is 3.45. The fourth-order valence-electron chi connectivity index (χ4n) is 2.45. The predicted octanol–water partition coefficient (Wildman–Crippen LogP) is 1.93. The zero-order valence-corrected chi connectivity index (χ0v) is 11.2. The van der Waals surface area contributed by atoms with Crippen molar-refractivity contribution in [1.82, 2.24) is 9.88 Å². The van der Waals surface area contributed by atoms with Crippen molar-refractivity contribution in [2.24, 2.45) is 11.7 Å². The second kappa shape index (κ2) is 5.67. The highest BCUT2D eigenvalue weighted by Gasteiger charge is 2.30. The Labute approximate surface area is 112 Å². The Balaban J connectivity index is 2.20. The van der Waals surface area contributed by atoms with Gasteiger partial charge in [0.1, 0.15) is 0 Å². The van der Waals surface area contributed by atoms with Gasteiger partial charge in [0.15, 0.2) is 0 Å². The van der Waals surface area contributed by atoms with Crippen molar-refractivity contribution in [1.29, 1.82) is 0 Å². The summed E-state index contributed by atoms with van der Waals surface area (Å²) in [5.74, 6) is 0.584. The zero-order chi connectivity index (χ0) is 13.1. The van der Waals surface area contributed by atoms with Gasteiger partial charge in [-0.25, -0.2) is 0 Å². The van der Waals surface area contributed by atoms with Gasteiger partial charge in [-0.2, -0.15) is 0 Å². The largest absolute Gasteiger partial charge is 0.334 e. The lowest BCUT2D eigenvalue weighted by atomic mass is 9.92. The topological polar surface area (TPSA) is 59.2 Å². The molecule has 2 N–H and O–H groups in total. The number of halogens is 1. The summed E-state index contributed by atoms with van der Waals surface area (Å²) in [6.07, 6.45) is 5.07. The van der Waals surface area contributed by atoms with Gasteiger partial charge in [0.05, 0.1) is 10.6 Å². The minimum Gasteiger partial charge on any atom is -0.334 e. The fraction of sp³-hybridized carbons (Fsp3) is 0.538. The van der Waals surface area contributed by atoms with Crippen LogP contribution in [0.15, 0.2) is 18.5 Å². The summed E-state index contributed by atoms with van der Waals surface area (Å²) >= 11 is 6.02. The highest BCUT2D eigenvalue weighted by molar-refractivity contribution is 6.33. The highest BCUT2D eigenvalue weighted by Crippen LogP contribution is 2.25. The van der Waals surface area contributed by atoms with Gasteiger partial charge in [-0.15, -0.1) is 0 Å². The maximum atomic E-state index is 12.5. The Bertz CT molecular complexity index is 438. The van der Waals surface area contributed by atoms with Crippen LogP contribution in [-0.2, 0) is 0 Å². The summed E-state index contributed by atoms with van der Waals surface area (Å²) in [6, 6.07) is 1.78. The van der Waals surface area contributed by atoms with E-state index >= 15 is 0 Å². The Morgan fingerprint density at radius 2 is 2.44 bits per heavy atom. The summed E-state index contributed by atoms with van der Waals surface area (Å²) in [4.78, 5) is 18.2. The molecule has 1 aromatic rings. The smallest absolute Gasteiger partial charge is 0.255 e. The minimum absolute atomic E-state index is 0.0373. The van der Waals surface area contributed by atoms with E-state index in [9.17, 15) is 4.79 Å². The van der Waals surface area contributed by atoms with Crippen LogP contribution >= 0.6 is 11.6 Å². The molecule has 1 aromatic heterocycles. The molecule has 1 aliphatic heterocycles. The van der Waals surface area contributed by atoms with Crippen molar-refractivity contribution in [3.8, 4) is 0 Å². The number of pyridine rings is 1. The third kappa shape index (κ3) is 2.65. The van der Waals surface area contributed by atoms with Gasteiger partial charge in [-0.1, -0.05) is 18.5 Å². The van der Waals surface area contributed by atoms with Crippen molar-refractivity contribution in [3.63, 3.8) is 0 Å². The Kier molecular flexibility index (Phi) is 4.19. The molecule has 1 fully saturated rings. The number of nitrogens with zero attached hydrogens (tertiary/aromatic N) is 2. The van der Waals surface area contributed by atoms with Crippen LogP contribution in [-0.4, -0.2) is 34.9 Å². The number of piperidine rings is 1. The van der Waals surface area contributed by atoms with E-state index in [2.05, 4.69) is 11.9 Å². The van der Waals surface area contributed by atoms with Crippen LogP contribution in [0.1, 0.15) is 30.1 Å². The van der Waals surface area contributed by atoms with Crippen LogP contribution in [0.25, 0.3) is 0 Å². The Hall–Kier alpha value is -1.13. The molecule has 1 aliphatic rings. The number of nitrogens with two attached hydrogens (primary N) is 1. The normalized spacial score (nSPS) is 24.1. The molecule has 0 saturated carbocycles. The summed E-state index contributed by atoms with van der Waals surface area (Å²) < 4.78 is 0. The summed E-state index contributed by atoms with van der Waals surface area (Å²) in [7, 11) is 0. The van der Waals surface area contributed by atoms with Crippen LogP contribution in [0.2, 0.25) is 5.02 Å². The van der Waals surface area contributed by atoms with Crippen LogP contribution in [0.3, 0.4) is 0 Å². The van der Waals surface area contributed by atoms with Gasteiger partial charge in [-0.05, 0) is 24.8 Å². The molecule has 0 aliphatic carbocycles. The van der Waals surface area contributed by atoms with Crippen LogP contribution in [0.5, 0.6) is 0 Å². The number of rotatable bonds is 2. The van der Waals surface area contributed by atoms with Gasteiger partial charge >= 0.3 is 0 Å². The molecule has 98 valence electrons. The molecule has 0 radical (unpaired) electrons. The standard InChI is InChI=1S/C13H18ClN3O/c1-9-3-5-17(10(6-9)7-15)13(18)11-2-4-16-8-12(11)14/h2,4,8-10H,3,5-7,15H2,1H3. The van der Waals surface area contributed by atoms with E-state index in [0.29, 0.717) is 23.0 Å². The first kappa shape index (κ1) is 13.3. The van der Waals surface area contributed by atoms with Crippen molar-refractivity contribution >= 4 is 17.5 Å². The number of aromatic nitrogens is 1. The lowest BCUT2D eigenvalue weighted by molar-refractivity contribution is 0.0573.